The molecular formula is C16H23N3S. The summed E-state index contributed by atoms with van der Waals surface area (Å²) in [6.45, 7) is 8.50. The maximum absolute atomic E-state index is 4.75. The normalized spacial score (nSPS) is 15.8. The second kappa shape index (κ2) is 5.34. The van der Waals surface area contributed by atoms with Crippen molar-refractivity contribution in [1.29, 1.82) is 0 Å². The van der Waals surface area contributed by atoms with Crippen molar-refractivity contribution in [3.8, 4) is 0 Å². The second-order valence-electron chi connectivity index (χ2n) is 6.72. The average Bonchev–Trinajstić information content (AvgIpc) is 2.89. The molecule has 108 valence electrons. The van der Waals surface area contributed by atoms with E-state index in [1.54, 1.807) is 11.3 Å². The summed E-state index contributed by atoms with van der Waals surface area (Å²) in [4.78, 5) is 4.75. The van der Waals surface area contributed by atoms with E-state index in [2.05, 4.69) is 54.5 Å². The Kier molecular flexibility index (Phi) is 3.69. The summed E-state index contributed by atoms with van der Waals surface area (Å²) in [6.07, 6.45) is 7.07. The third-order valence-corrected chi connectivity index (χ3v) is 4.46. The van der Waals surface area contributed by atoms with Gasteiger partial charge in [-0.2, -0.15) is 0 Å². The highest BCUT2D eigenvalue weighted by molar-refractivity contribution is 7.09. The predicted molar refractivity (Wildman–Crippen MR) is 84.2 cm³/mol. The lowest BCUT2D eigenvalue weighted by molar-refractivity contribution is 0.569. The van der Waals surface area contributed by atoms with E-state index in [0.29, 0.717) is 0 Å². The highest BCUT2D eigenvalue weighted by atomic mass is 32.1. The van der Waals surface area contributed by atoms with Gasteiger partial charge < -0.3 is 9.88 Å². The zero-order valence-corrected chi connectivity index (χ0v) is 13.3. The molecule has 0 saturated heterocycles. The Morgan fingerprint density at radius 3 is 2.85 bits per heavy atom. The topological polar surface area (TPSA) is 29.9 Å². The van der Waals surface area contributed by atoms with Gasteiger partial charge in [0.2, 0.25) is 0 Å². The number of nitrogens with one attached hydrogen (secondary N) is 1. The van der Waals surface area contributed by atoms with E-state index in [1.807, 2.05) is 0 Å². The Labute approximate surface area is 125 Å². The van der Waals surface area contributed by atoms with Crippen LogP contribution in [0.4, 0.5) is 0 Å². The molecule has 4 heteroatoms. The molecule has 1 aliphatic carbocycles. The third kappa shape index (κ3) is 3.49. The molecule has 0 unspecified atom stereocenters. The smallest absolute Gasteiger partial charge is 0.113 e. The van der Waals surface area contributed by atoms with E-state index in [4.69, 9.17) is 4.98 Å². The summed E-state index contributed by atoms with van der Waals surface area (Å²) < 4.78 is 2.23. The standard InChI is InChI=1S/C16H23N3S/c1-16(2,3)14-11-20-15(18-14)10-19-7-6-12(9-19)8-17-13-4-5-13/h6-7,9,11,13,17H,4-5,8,10H2,1-3H3. The quantitative estimate of drug-likeness (QED) is 0.912. The van der Waals surface area contributed by atoms with Crippen molar-refractivity contribution in [3.63, 3.8) is 0 Å². The lowest BCUT2D eigenvalue weighted by atomic mass is 9.93. The maximum atomic E-state index is 4.75. The SMILES string of the molecule is CC(C)(C)c1csc(Cn2ccc(CNC3CC3)c2)n1. The molecule has 20 heavy (non-hydrogen) atoms. The van der Waals surface area contributed by atoms with Gasteiger partial charge in [-0.3, -0.25) is 0 Å². The van der Waals surface area contributed by atoms with Gasteiger partial charge in [0, 0.05) is 35.8 Å². The molecule has 3 rings (SSSR count). The van der Waals surface area contributed by atoms with Crippen LogP contribution >= 0.6 is 11.3 Å². The summed E-state index contributed by atoms with van der Waals surface area (Å²) in [5.74, 6) is 0. The summed E-state index contributed by atoms with van der Waals surface area (Å²) in [7, 11) is 0. The molecule has 0 radical (unpaired) electrons. The van der Waals surface area contributed by atoms with Crippen molar-refractivity contribution in [3.05, 3.63) is 40.1 Å². The molecular weight excluding hydrogens is 266 g/mol. The van der Waals surface area contributed by atoms with Gasteiger partial charge in [-0.25, -0.2) is 4.98 Å². The van der Waals surface area contributed by atoms with Crippen LogP contribution < -0.4 is 5.32 Å². The zero-order chi connectivity index (χ0) is 14.2. The Morgan fingerprint density at radius 1 is 1.40 bits per heavy atom. The van der Waals surface area contributed by atoms with Gasteiger partial charge in [0.25, 0.3) is 0 Å². The van der Waals surface area contributed by atoms with Gasteiger partial charge in [-0.15, -0.1) is 11.3 Å². The summed E-state index contributed by atoms with van der Waals surface area (Å²) in [5, 5.41) is 6.92. The fourth-order valence-electron chi connectivity index (χ4n) is 2.13. The minimum absolute atomic E-state index is 0.144. The first-order valence-corrected chi connectivity index (χ1v) is 8.21. The fraction of sp³-hybridized carbons (Fsp3) is 0.562. The monoisotopic (exact) mass is 289 g/mol. The van der Waals surface area contributed by atoms with Crippen molar-refractivity contribution in [2.45, 2.75) is 58.2 Å². The van der Waals surface area contributed by atoms with Gasteiger partial charge in [-0.05, 0) is 24.5 Å². The number of rotatable bonds is 5. The van der Waals surface area contributed by atoms with Crippen LogP contribution in [0.2, 0.25) is 0 Å². The molecule has 0 amide bonds. The molecule has 0 atom stereocenters. The number of thiazole rings is 1. The van der Waals surface area contributed by atoms with Crippen molar-refractivity contribution in [1.82, 2.24) is 14.9 Å². The van der Waals surface area contributed by atoms with E-state index in [-0.39, 0.29) is 5.41 Å². The number of nitrogens with zero attached hydrogens (tertiary/aromatic N) is 2. The summed E-state index contributed by atoms with van der Waals surface area (Å²) >= 11 is 1.76. The van der Waals surface area contributed by atoms with Gasteiger partial charge in [0.1, 0.15) is 5.01 Å². The van der Waals surface area contributed by atoms with Crippen molar-refractivity contribution >= 4 is 11.3 Å². The van der Waals surface area contributed by atoms with E-state index in [9.17, 15) is 0 Å². The molecule has 1 N–H and O–H groups in total. The molecule has 1 saturated carbocycles. The van der Waals surface area contributed by atoms with Crippen LogP contribution in [0.3, 0.4) is 0 Å². The molecule has 2 aromatic heterocycles. The van der Waals surface area contributed by atoms with Crippen molar-refractivity contribution in [2.75, 3.05) is 0 Å². The van der Waals surface area contributed by atoms with Gasteiger partial charge in [0.15, 0.2) is 0 Å². The highest BCUT2D eigenvalue weighted by Gasteiger charge is 2.20. The zero-order valence-electron chi connectivity index (χ0n) is 12.5. The number of hydrogen-bond donors (Lipinski definition) is 1. The first-order valence-electron chi connectivity index (χ1n) is 7.33. The number of aromatic nitrogens is 2. The van der Waals surface area contributed by atoms with Gasteiger partial charge >= 0.3 is 0 Å². The van der Waals surface area contributed by atoms with E-state index >= 15 is 0 Å². The lowest BCUT2D eigenvalue weighted by Crippen LogP contribution is -2.14. The van der Waals surface area contributed by atoms with Crippen LogP contribution in [0.5, 0.6) is 0 Å². The van der Waals surface area contributed by atoms with Crippen LogP contribution in [-0.2, 0) is 18.5 Å². The van der Waals surface area contributed by atoms with Crippen LogP contribution in [0.25, 0.3) is 0 Å². The Balaban J connectivity index is 1.60. The molecule has 0 spiro atoms. The van der Waals surface area contributed by atoms with Crippen LogP contribution in [-0.4, -0.2) is 15.6 Å². The molecule has 2 heterocycles. The lowest BCUT2D eigenvalue weighted by Gasteiger charge is -2.14. The van der Waals surface area contributed by atoms with Crippen molar-refractivity contribution < 1.29 is 0 Å². The summed E-state index contributed by atoms with van der Waals surface area (Å²) in [5.41, 5.74) is 2.70. The predicted octanol–water partition coefficient (Wildman–Crippen LogP) is 3.54. The minimum Gasteiger partial charge on any atom is -0.347 e. The van der Waals surface area contributed by atoms with Crippen LogP contribution in [0.1, 0.15) is 49.9 Å². The Bertz CT molecular complexity index is 573. The minimum atomic E-state index is 0.144. The molecule has 2 aromatic rings. The van der Waals surface area contributed by atoms with Gasteiger partial charge in [-0.1, -0.05) is 20.8 Å². The molecule has 1 fully saturated rings. The van der Waals surface area contributed by atoms with E-state index in [1.165, 1.54) is 29.1 Å². The first-order chi connectivity index (χ1) is 9.50. The van der Waals surface area contributed by atoms with Crippen LogP contribution in [0, 0.1) is 0 Å². The molecule has 1 aliphatic rings. The second-order valence-corrected chi connectivity index (χ2v) is 7.67. The Morgan fingerprint density at radius 2 is 2.20 bits per heavy atom. The van der Waals surface area contributed by atoms with Crippen LogP contribution in [0.15, 0.2) is 23.8 Å². The van der Waals surface area contributed by atoms with E-state index in [0.717, 1.165) is 19.1 Å². The largest absolute Gasteiger partial charge is 0.347 e. The number of hydrogen-bond acceptors (Lipinski definition) is 3. The molecule has 0 bridgehead atoms. The first kappa shape index (κ1) is 13.8. The van der Waals surface area contributed by atoms with E-state index < -0.39 is 0 Å². The fourth-order valence-corrected chi connectivity index (χ4v) is 3.16. The molecule has 0 aliphatic heterocycles. The highest BCUT2D eigenvalue weighted by Crippen LogP contribution is 2.24. The van der Waals surface area contributed by atoms with Crippen molar-refractivity contribution in [2.24, 2.45) is 0 Å². The van der Waals surface area contributed by atoms with Gasteiger partial charge in [0.05, 0.1) is 12.2 Å². The molecule has 0 aromatic carbocycles. The molecule has 3 nitrogen and oxygen atoms in total. The maximum Gasteiger partial charge on any atom is 0.113 e. The average molecular weight is 289 g/mol. The third-order valence-electron chi connectivity index (χ3n) is 3.62. The Hall–Kier alpha value is -1.13. The summed E-state index contributed by atoms with van der Waals surface area (Å²) in [6, 6.07) is 2.97.